The number of nitrogens with one attached hydrogen (secondary N) is 1. The fourth-order valence-corrected chi connectivity index (χ4v) is 6.18. The van der Waals surface area contributed by atoms with Crippen molar-refractivity contribution >= 4 is 27.5 Å². The van der Waals surface area contributed by atoms with Gasteiger partial charge in [-0.25, -0.2) is 4.79 Å². The molecule has 0 bridgehead atoms. The topological polar surface area (TPSA) is 89.8 Å². The number of aryl methyl sites for hydroxylation is 1. The fraction of sp³-hybridized carbons (Fsp3) is 0.188. The van der Waals surface area contributed by atoms with Crippen molar-refractivity contribution in [1.82, 2.24) is 9.88 Å². The van der Waals surface area contributed by atoms with Gasteiger partial charge in [0.2, 0.25) is 5.43 Å². The van der Waals surface area contributed by atoms with Crippen LogP contribution in [-0.4, -0.2) is 29.9 Å². The number of aromatic nitrogens is 1. The number of para-hydroxylation sites is 1. The number of hydrogen-bond acceptors (Lipinski definition) is 6. The molecule has 0 aliphatic carbocycles. The highest BCUT2D eigenvalue weighted by atomic mass is 32.1. The van der Waals surface area contributed by atoms with E-state index in [1.807, 2.05) is 59.2 Å². The number of benzene rings is 3. The van der Waals surface area contributed by atoms with Crippen LogP contribution >= 0.6 is 11.3 Å². The third kappa shape index (κ3) is 5.50. The summed E-state index contributed by atoms with van der Waals surface area (Å²) in [6.45, 7) is 3.40. The van der Waals surface area contributed by atoms with Gasteiger partial charge in [-0.1, -0.05) is 48.0 Å². The van der Waals surface area contributed by atoms with Gasteiger partial charge in [-0.2, -0.15) is 0 Å². The van der Waals surface area contributed by atoms with Crippen LogP contribution in [0.5, 0.6) is 11.5 Å². The van der Waals surface area contributed by atoms with Crippen LogP contribution in [0.25, 0.3) is 20.7 Å². The predicted octanol–water partition coefficient (Wildman–Crippen LogP) is 6.09. The van der Waals surface area contributed by atoms with Gasteiger partial charge in [-0.3, -0.25) is 4.79 Å². The van der Waals surface area contributed by atoms with Gasteiger partial charge in [0.05, 0.1) is 26.2 Å². The van der Waals surface area contributed by atoms with E-state index in [-0.39, 0.29) is 5.56 Å². The molecule has 0 aliphatic rings. The molecule has 0 aliphatic heterocycles. The molecule has 3 aromatic carbocycles. The normalized spacial score (nSPS) is 11.1. The molecule has 0 unspecified atom stereocenters. The number of carbonyl (C=O) groups is 1. The van der Waals surface area contributed by atoms with Gasteiger partial charge in [0, 0.05) is 29.7 Å². The van der Waals surface area contributed by atoms with Crippen LogP contribution in [-0.2, 0) is 19.6 Å². The Bertz CT molecular complexity index is 1740. The standard InChI is InChI=1S/C32H30N2O5S/c1-20-7-6-8-21(15-20)16-33-17-25-28-29(35)26(32(36)37)19-34(18-23-9-4-5-10-27(23)39-3)31(28)40-30(25)22-11-13-24(38-2)14-12-22/h4-15,19,33H,16-18H2,1-3H3,(H,36,37). The van der Waals surface area contributed by atoms with E-state index in [0.717, 1.165) is 32.9 Å². The number of rotatable bonds is 10. The Morgan fingerprint density at radius 3 is 2.45 bits per heavy atom. The van der Waals surface area contributed by atoms with Gasteiger partial charge in [0.25, 0.3) is 0 Å². The minimum atomic E-state index is -1.25. The maximum atomic E-state index is 13.7. The second kappa shape index (κ2) is 11.8. The van der Waals surface area contributed by atoms with E-state index in [1.54, 1.807) is 14.2 Å². The summed E-state index contributed by atoms with van der Waals surface area (Å²) in [5.41, 5.74) is 4.14. The van der Waals surface area contributed by atoms with E-state index < -0.39 is 11.4 Å². The number of carboxylic acid groups (broad SMARTS) is 1. The van der Waals surface area contributed by atoms with Crippen molar-refractivity contribution in [2.75, 3.05) is 14.2 Å². The van der Waals surface area contributed by atoms with Crippen molar-refractivity contribution in [3.05, 3.63) is 117 Å². The Morgan fingerprint density at radius 2 is 1.75 bits per heavy atom. The smallest absolute Gasteiger partial charge is 0.341 e. The molecule has 2 heterocycles. The summed E-state index contributed by atoms with van der Waals surface area (Å²) in [4.78, 5) is 27.5. The van der Waals surface area contributed by atoms with Crippen molar-refractivity contribution in [1.29, 1.82) is 0 Å². The highest BCUT2D eigenvalue weighted by Crippen LogP contribution is 2.39. The Balaban J connectivity index is 1.68. The quantitative estimate of drug-likeness (QED) is 0.217. The molecule has 8 heteroatoms. The summed E-state index contributed by atoms with van der Waals surface area (Å²) in [6.07, 6.45) is 1.44. The van der Waals surface area contributed by atoms with Crippen LogP contribution in [0.2, 0.25) is 0 Å². The van der Waals surface area contributed by atoms with Crippen molar-refractivity contribution in [3.8, 4) is 21.9 Å². The third-order valence-electron chi connectivity index (χ3n) is 6.84. The van der Waals surface area contributed by atoms with Gasteiger partial charge in [-0.05, 0) is 53.9 Å². The number of aromatic carboxylic acids is 1. The third-order valence-corrected chi connectivity index (χ3v) is 8.15. The molecular formula is C32H30N2O5S. The minimum Gasteiger partial charge on any atom is -0.497 e. The van der Waals surface area contributed by atoms with Crippen LogP contribution in [0, 0.1) is 6.92 Å². The molecule has 5 aromatic rings. The van der Waals surface area contributed by atoms with E-state index in [2.05, 4.69) is 30.4 Å². The second-order valence-corrected chi connectivity index (χ2v) is 10.5. The molecule has 5 rings (SSSR count). The van der Waals surface area contributed by atoms with Gasteiger partial charge >= 0.3 is 5.97 Å². The summed E-state index contributed by atoms with van der Waals surface area (Å²) in [7, 11) is 3.22. The summed E-state index contributed by atoms with van der Waals surface area (Å²) in [5.74, 6) is 0.169. The van der Waals surface area contributed by atoms with Crippen molar-refractivity contribution in [2.45, 2.75) is 26.6 Å². The van der Waals surface area contributed by atoms with E-state index in [4.69, 9.17) is 9.47 Å². The number of pyridine rings is 1. The second-order valence-electron chi connectivity index (χ2n) is 9.53. The molecule has 7 nitrogen and oxygen atoms in total. The Kier molecular flexibility index (Phi) is 8.00. The molecule has 0 amide bonds. The highest BCUT2D eigenvalue weighted by molar-refractivity contribution is 7.22. The number of carboxylic acids is 1. The predicted molar refractivity (Wildman–Crippen MR) is 159 cm³/mol. The number of ether oxygens (including phenoxy) is 2. The van der Waals surface area contributed by atoms with E-state index in [1.165, 1.54) is 23.1 Å². The first kappa shape index (κ1) is 27.2. The largest absolute Gasteiger partial charge is 0.497 e. The Labute approximate surface area is 236 Å². The molecule has 0 fully saturated rings. The highest BCUT2D eigenvalue weighted by Gasteiger charge is 2.23. The van der Waals surface area contributed by atoms with Gasteiger partial charge in [0.15, 0.2) is 0 Å². The van der Waals surface area contributed by atoms with Crippen LogP contribution in [0.15, 0.2) is 83.8 Å². The van der Waals surface area contributed by atoms with Crippen molar-refractivity contribution in [2.24, 2.45) is 0 Å². The molecule has 0 saturated heterocycles. The number of nitrogens with zero attached hydrogens (tertiary/aromatic N) is 1. The number of methoxy groups -OCH3 is 2. The monoisotopic (exact) mass is 554 g/mol. The average Bonchev–Trinajstić information content (AvgIpc) is 3.35. The lowest BCUT2D eigenvalue weighted by atomic mass is 10.0. The number of fused-ring (bicyclic) bond motifs is 1. The number of thiophene rings is 1. The van der Waals surface area contributed by atoms with E-state index >= 15 is 0 Å². The molecule has 0 spiro atoms. The molecule has 2 aromatic heterocycles. The van der Waals surface area contributed by atoms with E-state index in [9.17, 15) is 14.7 Å². The summed E-state index contributed by atoms with van der Waals surface area (Å²) >= 11 is 1.48. The first-order valence-corrected chi connectivity index (χ1v) is 13.7. The first-order valence-electron chi connectivity index (χ1n) is 12.8. The van der Waals surface area contributed by atoms with Crippen LogP contribution in [0.4, 0.5) is 0 Å². The molecule has 0 saturated carbocycles. The minimum absolute atomic E-state index is 0.263. The Morgan fingerprint density at radius 1 is 0.975 bits per heavy atom. The SMILES string of the molecule is COc1ccc(-c2sc3c(c2CNCc2cccc(C)c2)c(=O)c(C(=O)O)cn3Cc2ccccc2OC)cc1. The zero-order valence-electron chi connectivity index (χ0n) is 22.6. The lowest BCUT2D eigenvalue weighted by Gasteiger charge is -2.13. The van der Waals surface area contributed by atoms with Crippen LogP contribution in [0.3, 0.4) is 0 Å². The molecule has 204 valence electrons. The molecule has 40 heavy (non-hydrogen) atoms. The lowest BCUT2D eigenvalue weighted by molar-refractivity contribution is 0.0695. The lowest BCUT2D eigenvalue weighted by Crippen LogP contribution is -2.20. The zero-order valence-corrected chi connectivity index (χ0v) is 23.4. The molecular weight excluding hydrogens is 524 g/mol. The summed E-state index contributed by atoms with van der Waals surface area (Å²) < 4.78 is 12.7. The molecule has 0 radical (unpaired) electrons. The number of hydrogen-bond donors (Lipinski definition) is 2. The molecule has 2 N–H and O–H groups in total. The maximum absolute atomic E-state index is 13.7. The maximum Gasteiger partial charge on any atom is 0.341 e. The van der Waals surface area contributed by atoms with Gasteiger partial charge in [-0.15, -0.1) is 11.3 Å². The van der Waals surface area contributed by atoms with Gasteiger partial charge in [0.1, 0.15) is 21.9 Å². The van der Waals surface area contributed by atoms with Crippen molar-refractivity contribution < 1.29 is 19.4 Å². The van der Waals surface area contributed by atoms with Crippen LogP contribution < -0.4 is 20.2 Å². The Hall–Kier alpha value is -4.40. The van der Waals surface area contributed by atoms with Crippen molar-refractivity contribution in [3.63, 3.8) is 0 Å². The first-order chi connectivity index (χ1) is 19.4. The van der Waals surface area contributed by atoms with Gasteiger partial charge < -0.3 is 24.5 Å². The van der Waals surface area contributed by atoms with E-state index in [0.29, 0.717) is 35.6 Å². The average molecular weight is 555 g/mol. The summed E-state index contributed by atoms with van der Waals surface area (Å²) in [5, 5.41) is 13.9. The fourth-order valence-electron chi connectivity index (χ4n) is 4.88. The van der Waals surface area contributed by atoms with Crippen LogP contribution in [0.1, 0.15) is 32.6 Å². The zero-order chi connectivity index (χ0) is 28.2. The molecule has 0 atom stereocenters. The summed E-state index contributed by atoms with van der Waals surface area (Å²) in [6, 6.07) is 23.5.